The minimum absolute atomic E-state index is 0.142. The molecule has 0 saturated carbocycles. The molecule has 2 aromatic carbocycles. The number of allylic oxidation sites excluding steroid dienone is 3. The first-order chi connectivity index (χ1) is 19.7. The van der Waals surface area contributed by atoms with E-state index >= 15 is 0 Å². The summed E-state index contributed by atoms with van der Waals surface area (Å²) in [7, 11) is -5.37. The number of halogens is 3. The van der Waals surface area contributed by atoms with Crippen LogP contribution in [0, 0.1) is 5.92 Å². The van der Waals surface area contributed by atoms with E-state index in [-0.39, 0.29) is 23.0 Å². The number of phosphoric ester groups is 1. The molecule has 3 rings (SSSR count). The minimum atomic E-state index is -5.41. The molecule has 0 heterocycles. The maximum absolute atomic E-state index is 14.0. The lowest BCUT2D eigenvalue weighted by Gasteiger charge is -2.32. The van der Waals surface area contributed by atoms with Crippen LogP contribution in [0.1, 0.15) is 75.5 Å². The fourth-order valence-electron chi connectivity index (χ4n) is 5.01. The van der Waals surface area contributed by atoms with Gasteiger partial charge in [0.15, 0.2) is 0 Å². The van der Waals surface area contributed by atoms with Crippen molar-refractivity contribution in [2.75, 3.05) is 0 Å². The predicted octanol–water partition coefficient (Wildman–Crippen LogP) is 8.31. The zero-order chi connectivity index (χ0) is 31.1. The van der Waals surface area contributed by atoms with Crippen molar-refractivity contribution in [1.29, 1.82) is 0 Å². The second-order valence-corrected chi connectivity index (χ2v) is 12.1. The fourth-order valence-corrected chi connectivity index (χ4v) is 5.85. The molecule has 0 bridgehead atoms. The molecule has 0 radical (unpaired) electrons. The molecular formula is C31H38F3O7P. The van der Waals surface area contributed by atoms with E-state index < -0.39 is 38.6 Å². The van der Waals surface area contributed by atoms with Crippen molar-refractivity contribution in [3.8, 4) is 11.5 Å². The van der Waals surface area contributed by atoms with Crippen LogP contribution >= 0.6 is 7.82 Å². The molecule has 7 nitrogen and oxygen atoms in total. The Hall–Kier alpha value is -2.91. The smallest absolute Gasteiger partial charge is 0.473 e. The Bertz CT molecular complexity index is 1320. The number of aromatic hydroxyl groups is 1. The summed E-state index contributed by atoms with van der Waals surface area (Å²) in [5, 5.41) is 11.1. The van der Waals surface area contributed by atoms with Crippen molar-refractivity contribution >= 4 is 13.8 Å². The zero-order valence-electron chi connectivity index (χ0n) is 24.0. The van der Waals surface area contributed by atoms with Crippen LogP contribution < -0.4 is 4.74 Å². The Morgan fingerprint density at radius 2 is 1.86 bits per heavy atom. The van der Waals surface area contributed by atoms with Crippen molar-refractivity contribution < 1.29 is 46.3 Å². The summed E-state index contributed by atoms with van der Waals surface area (Å²) >= 11 is 0. The van der Waals surface area contributed by atoms with Crippen LogP contribution in [-0.4, -0.2) is 28.2 Å². The second kappa shape index (κ2) is 14.5. The van der Waals surface area contributed by atoms with Gasteiger partial charge in [0.2, 0.25) is 0 Å². The Morgan fingerprint density at radius 1 is 1.17 bits per heavy atom. The molecule has 0 spiro atoms. The highest BCUT2D eigenvalue weighted by atomic mass is 31.2. The lowest BCUT2D eigenvalue weighted by Crippen LogP contribution is -2.41. The number of esters is 1. The highest BCUT2D eigenvalue weighted by molar-refractivity contribution is 7.47. The van der Waals surface area contributed by atoms with Crippen molar-refractivity contribution in [2.24, 2.45) is 5.92 Å². The van der Waals surface area contributed by atoms with Crippen LogP contribution in [0.2, 0.25) is 0 Å². The molecule has 4 atom stereocenters. The van der Waals surface area contributed by atoms with E-state index in [0.29, 0.717) is 24.0 Å². The van der Waals surface area contributed by atoms with E-state index in [1.165, 1.54) is 24.3 Å². The van der Waals surface area contributed by atoms with Gasteiger partial charge in [-0.2, -0.15) is 13.2 Å². The third-order valence-corrected chi connectivity index (χ3v) is 8.09. The van der Waals surface area contributed by atoms with Crippen LogP contribution in [0.5, 0.6) is 11.5 Å². The van der Waals surface area contributed by atoms with E-state index in [1.54, 1.807) is 18.2 Å². The maximum Gasteiger partial charge on any atom is 0.473 e. The van der Waals surface area contributed by atoms with E-state index in [1.807, 2.05) is 26.8 Å². The van der Waals surface area contributed by atoms with Gasteiger partial charge < -0.3 is 14.7 Å². The minimum Gasteiger partial charge on any atom is -0.507 e. The van der Waals surface area contributed by atoms with Crippen molar-refractivity contribution in [1.82, 2.24) is 0 Å². The van der Waals surface area contributed by atoms with E-state index in [4.69, 9.17) is 9.26 Å². The predicted molar refractivity (Wildman–Crippen MR) is 153 cm³/mol. The number of carbonyl (C=O) groups excluding carboxylic acids is 1. The van der Waals surface area contributed by atoms with Crippen LogP contribution in [0.4, 0.5) is 13.2 Å². The van der Waals surface area contributed by atoms with Gasteiger partial charge in [-0.25, -0.2) is 9.36 Å². The highest BCUT2D eigenvalue weighted by Crippen LogP contribution is 2.50. The number of hydrogen-bond acceptors (Lipinski definition) is 6. The van der Waals surface area contributed by atoms with Gasteiger partial charge in [0.1, 0.15) is 11.5 Å². The third kappa shape index (κ3) is 9.30. The van der Waals surface area contributed by atoms with Crippen LogP contribution in [0.15, 0.2) is 66.3 Å². The summed E-state index contributed by atoms with van der Waals surface area (Å²) in [6.45, 7) is 9.28. The molecule has 1 aliphatic rings. The average Bonchev–Trinajstić information content (AvgIpc) is 2.90. The van der Waals surface area contributed by atoms with Crippen molar-refractivity contribution in [3.63, 3.8) is 0 Å². The number of ether oxygens (including phenoxy) is 1. The number of alkyl halides is 3. The Balaban J connectivity index is 1.97. The average molecular weight is 611 g/mol. The number of benzene rings is 2. The number of rotatable bonds is 13. The van der Waals surface area contributed by atoms with Gasteiger partial charge in [-0.15, -0.1) is 0 Å². The van der Waals surface area contributed by atoms with Gasteiger partial charge in [-0.1, -0.05) is 73.9 Å². The fraction of sp³-hybridized carbons (Fsp3) is 0.452. The van der Waals surface area contributed by atoms with Crippen LogP contribution in [-0.2, 0) is 31.4 Å². The van der Waals surface area contributed by atoms with Crippen molar-refractivity contribution in [3.05, 3.63) is 83.0 Å². The SMILES string of the molecule is C=C(C)[C@@H]1CCC(C)=C[C@H]1c1c(O)cc(CCCCC)cc1OC(=O)C(OP(=O)(O)OCc1ccccc1)C(F)(F)F. The van der Waals surface area contributed by atoms with E-state index in [0.717, 1.165) is 36.8 Å². The number of hydrogen-bond donors (Lipinski definition) is 2. The van der Waals surface area contributed by atoms with Gasteiger partial charge in [0, 0.05) is 11.5 Å². The third-order valence-electron chi connectivity index (χ3n) is 7.16. The molecule has 2 unspecified atom stereocenters. The molecular weight excluding hydrogens is 572 g/mol. The molecule has 0 aliphatic heterocycles. The maximum atomic E-state index is 14.0. The molecule has 0 fully saturated rings. The standard InChI is InChI=1S/C31H38F3O7P/c1-5-6-8-13-23-17-26(35)28(25-16-21(4)14-15-24(25)20(2)3)27(18-23)40-30(36)29(31(32,33)34)41-42(37,38)39-19-22-11-9-7-10-12-22/h7,9-12,16-18,24-25,29,35H,2,5-6,8,13-15,19H2,1,3-4H3,(H,37,38)/t24-,25+,29?/m0/s1. The van der Waals surface area contributed by atoms with Crippen LogP contribution in [0.3, 0.4) is 0 Å². The molecule has 0 saturated heterocycles. The molecule has 1 aliphatic carbocycles. The van der Waals surface area contributed by atoms with Gasteiger partial charge >= 0.3 is 20.0 Å². The first kappa shape index (κ1) is 33.6. The second-order valence-electron chi connectivity index (χ2n) is 10.7. The summed E-state index contributed by atoms with van der Waals surface area (Å²) in [6.07, 6.45) is -2.42. The van der Waals surface area contributed by atoms with Gasteiger partial charge in [0.25, 0.3) is 6.10 Å². The highest BCUT2D eigenvalue weighted by Gasteiger charge is 2.52. The lowest BCUT2D eigenvalue weighted by atomic mass is 9.73. The van der Waals surface area contributed by atoms with Gasteiger partial charge in [0.05, 0.1) is 6.61 Å². The number of phosphoric acid groups is 1. The number of unbranched alkanes of at least 4 members (excludes halogenated alkanes) is 2. The first-order valence-electron chi connectivity index (χ1n) is 13.9. The quantitative estimate of drug-likeness (QED) is 0.0773. The largest absolute Gasteiger partial charge is 0.507 e. The Labute approximate surface area is 244 Å². The number of phenols is 1. The van der Waals surface area contributed by atoms with Gasteiger partial charge in [-0.3, -0.25) is 9.05 Å². The van der Waals surface area contributed by atoms with E-state index in [2.05, 4.69) is 11.1 Å². The number of aryl methyl sites for hydroxylation is 1. The topological polar surface area (TPSA) is 102 Å². The summed E-state index contributed by atoms with van der Waals surface area (Å²) in [4.78, 5) is 23.1. The Kier molecular flexibility index (Phi) is 11.6. The summed E-state index contributed by atoms with van der Waals surface area (Å²) in [5.41, 5.74) is 2.93. The Morgan fingerprint density at radius 3 is 2.48 bits per heavy atom. The van der Waals surface area contributed by atoms with E-state index in [9.17, 15) is 32.5 Å². The molecule has 0 amide bonds. The zero-order valence-corrected chi connectivity index (χ0v) is 24.9. The monoisotopic (exact) mass is 610 g/mol. The first-order valence-corrected chi connectivity index (χ1v) is 15.4. The molecule has 2 N–H and O–H groups in total. The summed E-state index contributed by atoms with van der Waals surface area (Å²) in [6, 6.07) is 11.0. The van der Waals surface area contributed by atoms with Crippen LogP contribution in [0.25, 0.3) is 0 Å². The molecule has 230 valence electrons. The van der Waals surface area contributed by atoms with Crippen molar-refractivity contribution in [2.45, 2.75) is 84.1 Å². The molecule has 42 heavy (non-hydrogen) atoms. The molecule has 11 heteroatoms. The normalized spacial score (nSPS) is 19.5. The molecule has 2 aromatic rings. The summed E-state index contributed by atoms with van der Waals surface area (Å²) < 4.78 is 68.9. The summed E-state index contributed by atoms with van der Waals surface area (Å²) in [5.74, 6) is -3.15. The number of phenolic OH excluding ortho intramolecular Hbond substituents is 1. The lowest BCUT2D eigenvalue weighted by molar-refractivity contribution is -0.209. The number of carbonyl (C=O) groups is 1. The van der Waals surface area contributed by atoms with Gasteiger partial charge in [-0.05, 0) is 68.7 Å². The molecule has 0 aromatic heterocycles.